The van der Waals surface area contributed by atoms with Gasteiger partial charge in [0.05, 0.1) is 0 Å². The monoisotopic (exact) mass is 362 g/mol. The largest absolute Gasteiger partial charge is 1.00 e. The summed E-state index contributed by atoms with van der Waals surface area (Å²) in [5.41, 5.74) is 4.83. The first-order valence-electron chi connectivity index (χ1n) is 8.26. The fraction of sp³-hybridized carbons (Fsp3) is 0.316. The molecule has 4 nitrogen and oxygen atoms in total. The van der Waals surface area contributed by atoms with Crippen LogP contribution in [0.1, 0.15) is 17.9 Å². The van der Waals surface area contributed by atoms with Crippen molar-refractivity contribution in [3.8, 4) is 0 Å². The zero-order valence-electron chi connectivity index (χ0n) is 14.0. The molecule has 1 saturated carbocycles. The van der Waals surface area contributed by atoms with E-state index in [0.29, 0.717) is 25.0 Å². The second-order valence-corrected chi connectivity index (χ2v) is 7.36. The first-order valence-corrected chi connectivity index (χ1v) is 8.64. The van der Waals surface area contributed by atoms with Crippen molar-refractivity contribution in [2.75, 3.05) is 22.9 Å². The Balaban J connectivity index is 0.00000157. The maximum absolute atomic E-state index is 10.9. The van der Waals surface area contributed by atoms with Gasteiger partial charge in [-0.25, -0.2) is 0 Å². The van der Waals surface area contributed by atoms with E-state index in [9.17, 15) is 9.90 Å². The predicted octanol–water partition coefficient (Wildman–Crippen LogP) is -0.462. The summed E-state index contributed by atoms with van der Waals surface area (Å²) in [6.07, 6.45) is 1.17. The van der Waals surface area contributed by atoms with Gasteiger partial charge < -0.3 is 19.7 Å². The molecule has 2 aromatic rings. The molecule has 3 aliphatic rings. The van der Waals surface area contributed by atoms with Gasteiger partial charge >= 0.3 is 29.6 Å². The van der Waals surface area contributed by atoms with Crippen LogP contribution in [0.4, 0.5) is 17.1 Å². The molecule has 2 aliphatic heterocycles. The molecule has 2 aromatic carbocycles. The molecule has 0 bridgehead atoms. The molecule has 122 valence electrons. The van der Waals surface area contributed by atoms with Crippen LogP contribution in [0.25, 0.3) is 0 Å². The molecule has 0 spiro atoms. The van der Waals surface area contributed by atoms with Crippen molar-refractivity contribution in [3.63, 3.8) is 0 Å². The van der Waals surface area contributed by atoms with Gasteiger partial charge in [-0.15, -0.1) is 0 Å². The van der Waals surface area contributed by atoms with Crippen molar-refractivity contribution in [2.24, 2.45) is 5.92 Å². The first-order chi connectivity index (χ1) is 11.6. The fourth-order valence-corrected chi connectivity index (χ4v) is 4.21. The van der Waals surface area contributed by atoms with Crippen molar-refractivity contribution >= 4 is 34.6 Å². The SMILES string of the molecule is O=C([O-])C1CN(c2cccc(N3c4ccc(Cl)cc4C4CC43)c2)C1.[Na+]. The molecular weight excluding hydrogens is 347 g/mol. The van der Waals surface area contributed by atoms with E-state index >= 15 is 0 Å². The van der Waals surface area contributed by atoms with Gasteiger partial charge in [0.1, 0.15) is 0 Å². The maximum atomic E-state index is 10.9. The molecule has 0 aromatic heterocycles. The van der Waals surface area contributed by atoms with Gasteiger partial charge in [-0.1, -0.05) is 17.7 Å². The number of hydrogen-bond donors (Lipinski definition) is 0. The van der Waals surface area contributed by atoms with Crippen LogP contribution in [0.2, 0.25) is 5.02 Å². The van der Waals surface area contributed by atoms with E-state index in [2.05, 4.69) is 34.1 Å². The fourth-order valence-electron chi connectivity index (χ4n) is 4.03. The quantitative estimate of drug-likeness (QED) is 0.693. The van der Waals surface area contributed by atoms with Gasteiger partial charge in [-0.05, 0) is 48.4 Å². The summed E-state index contributed by atoms with van der Waals surface area (Å²) in [6, 6.07) is 15.0. The minimum absolute atomic E-state index is 0. The number of carbonyl (C=O) groups excluding carboxylic acids is 1. The number of carboxylic acids is 1. The third-order valence-electron chi connectivity index (χ3n) is 5.42. The molecule has 1 saturated heterocycles. The second kappa shape index (κ2) is 6.20. The van der Waals surface area contributed by atoms with Crippen LogP contribution in [0, 0.1) is 5.92 Å². The summed E-state index contributed by atoms with van der Waals surface area (Å²) in [6.45, 7) is 1.06. The molecule has 0 radical (unpaired) electrons. The van der Waals surface area contributed by atoms with Crippen LogP contribution in [0.3, 0.4) is 0 Å². The van der Waals surface area contributed by atoms with Crippen LogP contribution >= 0.6 is 11.6 Å². The Hall–Kier alpha value is -1.20. The van der Waals surface area contributed by atoms with Gasteiger partial charge in [0.25, 0.3) is 0 Å². The van der Waals surface area contributed by atoms with Crippen molar-refractivity contribution in [1.29, 1.82) is 0 Å². The van der Waals surface area contributed by atoms with Crippen LogP contribution < -0.4 is 44.5 Å². The molecule has 0 amide bonds. The summed E-state index contributed by atoms with van der Waals surface area (Å²) >= 11 is 6.16. The molecule has 6 heteroatoms. The van der Waals surface area contributed by atoms with Gasteiger partial charge in [-0.2, -0.15) is 0 Å². The number of benzene rings is 2. The average Bonchev–Trinajstić information content (AvgIpc) is 3.22. The molecule has 5 rings (SSSR count). The molecule has 2 atom stereocenters. The van der Waals surface area contributed by atoms with Crippen molar-refractivity contribution in [3.05, 3.63) is 53.1 Å². The summed E-state index contributed by atoms with van der Waals surface area (Å²) in [4.78, 5) is 15.4. The number of rotatable bonds is 3. The number of nitrogens with zero attached hydrogens (tertiary/aromatic N) is 2. The number of hydrogen-bond acceptors (Lipinski definition) is 4. The summed E-state index contributed by atoms with van der Waals surface area (Å²) in [7, 11) is 0. The average molecular weight is 363 g/mol. The van der Waals surface area contributed by atoms with Crippen molar-refractivity contribution in [2.45, 2.75) is 18.4 Å². The molecule has 25 heavy (non-hydrogen) atoms. The number of carbonyl (C=O) groups is 1. The van der Waals surface area contributed by atoms with Crippen LogP contribution in [-0.2, 0) is 4.79 Å². The summed E-state index contributed by atoms with van der Waals surface area (Å²) in [5, 5.41) is 11.7. The Morgan fingerprint density at radius 1 is 1.12 bits per heavy atom. The summed E-state index contributed by atoms with van der Waals surface area (Å²) in [5.74, 6) is -0.710. The smallest absolute Gasteiger partial charge is 0.550 e. The van der Waals surface area contributed by atoms with Gasteiger partial charge in [0.2, 0.25) is 0 Å². The van der Waals surface area contributed by atoms with E-state index < -0.39 is 5.97 Å². The number of carboxylic acid groups (broad SMARTS) is 1. The zero-order valence-corrected chi connectivity index (χ0v) is 16.7. The Bertz CT molecular complexity index is 853. The molecular formula is C19H16ClN2NaO2. The van der Waals surface area contributed by atoms with E-state index in [1.165, 1.54) is 17.7 Å². The topological polar surface area (TPSA) is 46.6 Å². The number of aliphatic carboxylic acids is 1. The van der Waals surface area contributed by atoms with E-state index in [1.54, 1.807) is 0 Å². The molecule has 2 heterocycles. The van der Waals surface area contributed by atoms with E-state index in [-0.39, 0.29) is 35.5 Å². The molecule has 2 fully saturated rings. The third kappa shape index (κ3) is 2.76. The van der Waals surface area contributed by atoms with E-state index in [0.717, 1.165) is 16.4 Å². The van der Waals surface area contributed by atoms with Gasteiger partial charge in [0, 0.05) is 59.0 Å². The first kappa shape index (κ1) is 17.2. The second-order valence-electron chi connectivity index (χ2n) is 6.92. The third-order valence-corrected chi connectivity index (χ3v) is 5.66. The standard InChI is InChI=1S/C19H17ClN2O2.Na/c20-12-4-5-17-15(6-12)16-8-18(16)22(17)14-3-1-2-13(7-14)21-9-11(10-21)19(23)24;/h1-7,11,16,18H,8-10H2,(H,23,24);/q;+1/p-1. The van der Waals surface area contributed by atoms with E-state index in [4.69, 9.17) is 11.6 Å². The zero-order chi connectivity index (χ0) is 16.4. The minimum Gasteiger partial charge on any atom is -0.550 e. The molecule has 2 unspecified atom stereocenters. The Morgan fingerprint density at radius 3 is 2.64 bits per heavy atom. The van der Waals surface area contributed by atoms with Crippen molar-refractivity contribution < 1.29 is 39.5 Å². The number of anilines is 3. The van der Waals surface area contributed by atoms with Crippen LogP contribution in [0.15, 0.2) is 42.5 Å². The van der Waals surface area contributed by atoms with E-state index in [1.807, 2.05) is 18.2 Å². The number of fused-ring (bicyclic) bond motifs is 3. The van der Waals surface area contributed by atoms with Crippen LogP contribution in [0.5, 0.6) is 0 Å². The minimum atomic E-state index is -0.950. The molecule has 1 aliphatic carbocycles. The number of halogens is 1. The summed E-state index contributed by atoms with van der Waals surface area (Å²) < 4.78 is 0. The van der Waals surface area contributed by atoms with Crippen LogP contribution in [-0.4, -0.2) is 25.1 Å². The van der Waals surface area contributed by atoms with Gasteiger partial charge in [0.15, 0.2) is 0 Å². The van der Waals surface area contributed by atoms with Crippen molar-refractivity contribution in [1.82, 2.24) is 0 Å². The Morgan fingerprint density at radius 2 is 1.88 bits per heavy atom. The Kier molecular flexibility index (Phi) is 4.27. The van der Waals surface area contributed by atoms with Gasteiger partial charge in [-0.3, -0.25) is 0 Å². The maximum Gasteiger partial charge on any atom is 1.00 e. The predicted molar refractivity (Wildman–Crippen MR) is 91.9 cm³/mol. The normalized spacial score (nSPS) is 23.4. The Labute approximate surface area is 173 Å². The molecule has 0 N–H and O–H groups in total.